The van der Waals surface area contributed by atoms with Crippen molar-refractivity contribution in [3.63, 3.8) is 0 Å². The van der Waals surface area contributed by atoms with Crippen LogP contribution in [-0.2, 0) is 4.79 Å². The lowest BCUT2D eigenvalue weighted by Crippen LogP contribution is -2.52. The Bertz CT molecular complexity index is 501. The number of amides is 1. The van der Waals surface area contributed by atoms with Gasteiger partial charge in [0.2, 0.25) is 0 Å². The third-order valence-electron chi connectivity index (χ3n) is 3.06. The summed E-state index contributed by atoms with van der Waals surface area (Å²) in [6.45, 7) is 4.96. The fraction of sp³-hybridized carbons (Fsp3) is 0.429. The van der Waals surface area contributed by atoms with Crippen molar-refractivity contribution in [3.8, 4) is 0 Å². The van der Waals surface area contributed by atoms with Crippen molar-refractivity contribution in [1.29, 1.82) is 0 Å². The summed E-state index contributed by atoms with van der Waals surface area (Å²) in [6.07, 6.45) is 0.924. The Balaban J connectivity index is 3.00. The third-order valence-corrected chi connectivity index (χ3v) is 3.06. The van der Waals surface area contributed by atoms with Crippen LogP contribution in [0.1, 0.15) is 42.6 Å². The Morgan fingerprint density at radius 3 is 2.58 bits per heavy atom. The molecule has 1 unspecified atom stereocenters. The predicted molar refractivity (Wildman–Crippen MR) is 69.6 cm³/mol. The maximum Gasteiger partial charge on any atom is 0.329 e. The molecule has 0 aliphatic rings. The molecule has 0 saturated heterocycles. The topological polar surface area (TPSA) is 66.4 Å². The maximum atomic E-state index is 13.2. The van der Waals surface area contributed by atoms with Gasteiger partial charge in [-0.2, -0.15) is 0 Å². The zero-order chi connectivity index (χ0) is 14.6. The smallest absolute Gasteiger partial charge is 0.329 e. The van der Waals surface area contributed by atoms with Crippen LogP contribution in [0.5, 0.6) is 0 Å². The van der Waals surface area contributed by atoms with Crippen LogP contribution >= 0.6 is 0 Å². The standard InChI is InChI=1S/C14H18FNO3/c1-4-7-14(3,13(18)19)16-12(17)11-8-10(15)6-5-9(11)2/h5-6,8H,4,7H2,1-3H3,(H,16,17)(H,18,19). The molecule has 0 saturated carbocycles. The number of rotatable bonds is 5. The fourth-order valence-corrected chi connectivity index (χ4v) is 1.88. The lowest BCUT2D eigenvalue weighted by molar-refractivity contribution is -0.144. The van der Waals surface area contributed by atoms with Crippen LogP contribution < -0.4 is 5.32 Å². The molecule has 19 heavy (non-hydrogen) atoms. The molecule has 0 bridgehead atoms. The van der Waals surface area contributed by atoms with E-state index in [0.29, 0.717) is 18.4 Å². The highest BCUT2D eigenvalue weighted by atomic mass is 19.1. The van der Waals surface area contributed by atoms with Crippen LogP contribution in [0.25, 0.3) is 0 Å². The monoisotopic (exact) mass is 267 g/mol. The van der Waals surface area contributed by atoms with Gasteiger partial charge in [0.05, 0.1) is 0 Å². The first-order valence-electron chi connectivity index (χ1n) is 6.12. The number of hydrogen-bond donors (Lipinski definition) is 2. The molecule has 0 heterocycles. The van der Waals surface area contributed by atoms with E-state index in [9.17, 15) is 19.1 Å². The molecule has 1 aromatic carbocycles. The molecular weight excluding hydrogens is 249 g/mol. The highest BCUT2D eigenvalue weighted by Crippen LogP contribution is 2.16. The van der Waals surface area contributed by atoms with Crippen molar-refractivity contribution in [2.24, 2.45) is 0 Å². The molecule has 0 aliphatic heterocycles. The molecule has 1 rings (SSSR count). The Kier molecular flexibility index (Phi) is 4.64. The first-order valence-corrected chi connectivity index (χ1v) is 6.12. The van der Waals surface area contributed by atoms with Crippen molar-refractivity contribution < 1.29 is 19.1 Å². The highest BCUT2D eigenvalue weighted by molar-refractivity contribution is 5.98. The van der Waals surface area contributed by atoms with Gasteiger partial charge in [-0.25, -0.2) is 9.18 Å². The molecule has 0 aliphatic carbocycles. The van der Waals surface area contributed by atoms with E-state index < -0.39 is 23.2 Å². The molecule has 104 valence electrons. The Labute approximate surface area is 111 Å². The maximum absolute atomic E-state index is 13.2. The first kappa shape index (κ1) is 15.1. The number of carboxylic acids is 1. The van der Waals surface area contributed by atoms with Crippen LogP contribution in [0, 0.1) is 12.7 Å². The molecule has 1 atom stereocenters. The van der Waals surface area contributed by atoms with E-state index in [0.717, 1.165) is 6.07 Å². The van der Waals surface area contributed by atoms with Crippen molar-refractivity contribution in [1.82, 2.24) is 5.32 Å². The summed E-state index contributed by atoms with van der Waals surface area (Å²) in [5, 5.41) is 11.7. The second kappa shape index (κ2) is 5.82. The highest BCUT2D eigenvalue weighted by Gasteiger charge is 2.34. The summed E-state index contributed by atoms with van der Waals surface area (Å²) in [5.41, 5.74) is -0.586. The molecule has 0 fully saturated rings. The largest absolute Gasteiger partial charge is 0.480 e. The van der Waals surface area contributed by atoms with Crippen molar-refractivity contribution in [3.05, 3.63) is 35.1 Å². The lowest BCUT2D eigenvalue weighted by atomic mass is 9.95. The van der Waals surface area contributed by atoms with Gasteiger partial charge in [-0.3, -0.25) is 4.79 Å². The second-order valence-electron chi connectivity index (χ2n) is 4.80. The Hall–Kier alpha value is -1.91. The number of benzene rings is 1. The van der Waals surface area contributed by atoms with Gasteiger partial charge in [0.1, 0.15) is 11.4 Å². The Morgan fingerprint density at radius 2 is 2.05 bits per heavy atom. The van der Waals surface area contributed by atoms with E-state index >= 15 is 0 Å². The summed E-state index contributed by atoms with van der Waals surface area (Å²) >= 11 is 0. The predicted octanol–water partition coefficient (Wildman–Crippen LogP) is 2.51. The lowest BCUT2D eigenvalue weighted by Gasteiger charge is -2.26. The average molecular weight is 267 g/mol. The van der Waals surface area contributed by atoms with Gasteiger partial charge in [-0.15, -0.1) is 0 Å². The van der Waals surface area contributed by atoms with E-state index in [1.54, 1.807) is 6.92 Å². The van der Waals surface area contributed by atoms with Gasteiger partial charge in [-0.05, 0) is 38.0 Å². The molecule has 0 radical (unpaired) electrons. The van der Waals surface area contributed by atoms with Crippen molar-refractivity contribution in [2.45, 2.75) is 39.2 Å². The molecule has 0 spiro atoms. The van der Waals surface area contributed by atoms with Crippen LogP contribution in [0.3, 0.4) is 0 Å². The van der Waals surface area contributed by atoms with Gasteiger partial charge in [0.15, 0.2) is 0 Å². The van der Waals surface area contributed by atoms with E-state index in [-0.39, 0.29) is 5.56 Å². The van der Waals surface area contributed by atoms with E-state index in [1.807, 2.05) is 6.92 Å². The summed E-state index contributed by atoms with van der Waals surface area (Å²) in [5.74, 6) is -2.20. The number of nitrogens with one attached hydrogen (secondary N) is 1. The summed E-state index contributed by atoms with van der Waals surface area (Å²) < 4.78 is 13.2. The molecule has 1 aromatic rings. The molecule has 5 heteroatoms. The zero-order valence-electron chi connectivity index (χ0n) is 11.3. The number of aliphatic carboxylic acids is 1. The van der Waals surface area contributed by atoms with Crippen LogP contribution in [-0.4, -0.2) is 22.5 Å². The average Bonchev–Trinajstić information content (AvgIpc) is 2.32. The number of aryl methyl sites for hydroxylation is 1. The van der Waals surface area contributed by atoms with E-state index in [4.69, 9.17) is 0 Å². The van der Waals surface area contributed by atoms with Gasteiger partial charge >= 0.3 is 5.97 Å². The SMILES string of the molecule is CCCC(C)(NC(=O)c1cc(F)ccc1C)C(=O)O. The number of carboxylic acid groups (broad SMARTS) is 1. The minimum Gasteiger partial charge on any atom is -0.480 e. The van der Waals surface area contributed by atoms with Crippen LogP contribution in [0.15, 0.2) is 18.2 Å². The van der Waals surface area contributed by atoms with Gasteiger partial charge < -0.3 is 10.4 Å². The summed E-state index contributed by atoms with van der Waals surface area (Å²) in [6, 6.07) is 3.86. The number of carbonyl (C=O) groups excluding carboxylic acids is 1. The van der Waals surface area contributed by atoms with Gasteiger partial charge in [0.25, 0.3) is 5.91 Å². The molecular formula is C14H18FNO3. The van der Waals surface area contributed by atoms with Crippen molar-refractivity contribution in [2.75, 3.05) is 0 Å². The molecule has 0 aromatic heterocycles. The normalized spacial score (nSPS) is 13.7. The van der Waals surface area contributed by atoms with Gasteiger partial charge in [-0.1, -0.05) is 19.4 Å². The quantitative estimate of drug-likeness (QED) is 0.861. The molecule has 1 amide bonds. The molecule has 2 N–H and O–H groups in total. The molecule has 4 nitrogen and oxygen atoms in total. The number of carbonyl (C=O) groups is 2. The second-order valence-corrected chi connectivity index (χ2v) is 4.80. The van der Waals surface area contributed by atoms with Crippen LogP contribution in [0.2, 0.25) is 0 Å². The number of halogens is 1. The zero-order valence-corrected chi connectivity index (χ0v) is 11.3. The minimum absolute atomic E-state index is 0.156. The summed E-state index contributed by atoms with van der Waals surface area (Å²) in [4.78, 5) is 23.3. The fourth-order valence-electron chi connectivity index (χ4n) is 1.88. The number of hydrogen-bond acceptors (Lipinski definition) is 2. The third kappa shape index (κ3) is 3.53. The van der Waals surface area contributed by atoms with E-state index in [2.05, 4.69) is 5.32 Å². The first-order chi connectivity index (χ1) is 8.80. The van der Waals surface area contributed by atoms with Gasteiger partial charge in [0, 0.05) is 5.56 Å². The van der Waals surface area contributed by atoms with E-state index in [1.165, 1.54) is 19.1 Å². The Morgan fingerprint density at radius 1 is 1.42 bits per heavy atom. The van der Waals surface area contributed by atoms with Crippen LogP contribution in [0.4, 0.5) is 4.39 Å². The van der Waals surface area contributed by atoms with Crippen molar-refractivity contribution >= 4 is 11.9 Å². The summed E-state index contributed by atoms with van der Waals surface area (Å²) in [7, 11) is 0. The minimum atomic E-state index is -1.34.